The molecule has 0 saturated carbocycles. The highest BCUT2D eigenvalue weighted by Crippen LogP contribution is 2.48. The molecule has 2 aromatic rings. The van der Waals surface area contributed by atoms with Gasteiger partial charge in [0.2, 0.25) is 0 Å². The average molecular weight is 321 g/mol. The Hall–Kier alpha value is -2.13. The normalized spacial score (nSPS) is 29.5. The molecule has 0 radical (unpaired) electrons. The number of hydrogen-bond acceptors (Lipinski definition) is 2. The lowest BCUT2D eigenvalue weighted by atomic mass is 9.75. The smallest absolute Gasteiger partial charge is 0.307 e. The summed E-state index contributed by atoms with van der Waals surface area (Å²) in [5.74, 6) is -0.816. The highest BCUT2D eigenvalue weighted by atomic mass is 16.4. The van der Waals surface area contributed by atoms with E-state index in [-0.39, 0.29) is 11.8 Å². The molecule has 2 aliphatic heterocycles. The summed E-state index contributed by atoms with van der Waals surface area (Å²) in [7, 11) is 0. The van der Waals surface area contributed by atoms with Crippen molar-refractivity contribution < 1.29 is 9.90 Å². The van der Waals surface area contributed by atoms with Crippen molar-refractivity contribution in [3.63, 3.8) is 0 Å². The Bertz CT molecular complexity index is 700. The molecule has 0 aromatic heterocycles. The van der Waals surface area contributed by atoms with Crippen LogP contribution < -0.4 is 0 Å². The number of rotatable bonds is 4. The quantitative estimate of drug-likeness (QED) is 0.928. The summed E-state index contributed by atoms with van der Waals surface area (Å²) in [5.41, 5.74) is 2.49. The third kappa shape index (κ3) is 2.73. The van der Waals surface area contributed by atoms with E-state index in [0.29, 0.717) is 12.1 Å². The fraction of sp³-hybridized carbons (Fsp3) is 0.381. The molecule has 124 valence electrons. The van der Waals surface area contributed by atoms with Crippen molar-refractivity contribution in [3.8, 4) is 0 Å². The van der Waals surface area contributed by atoms with E-state index < -0.39 is 5.97 Å². The number of piperidine rings is 1. The third-order valence-electron chi connectivity index (χ3n) is 5.77. The van der Waals surface area contributed by atoms with E-state index >= 15 is 0 Å². The maximum absolute atomic E-state index is 11.9. The molecule has 3 nitrogen and oxygen atoms in total. The predicted molar refractivity (Wildman–Crippen MR) is 93.7 cm³/mol. The minimum atomic E-state index is -0.639. The monoisotopic (exact) mass is 321 g/mol. The Morgan fingerprint density at radius 2 is 1.67 bits per heavy atom. The molecule has 0 spiro atoms. The first-order chi connectivity index (χ1) is 11.7. The standard InChI is InChI=1S/C21H23NO2/c23-21(24)18-13-17-11-12-19(20(18)16-9-5-2-6-10-16)22(17)14-15-7-3-1-4-8-15/h1-10,17-20H,11-14H2,(H,23,24)/t17-,18-,19+,20-/m0/s1. The number of carboxylic acids is 1. The molecule has 1 N–H and O–H groups in total. The zero-order valence-electron chi connectivity index (χ0n) is 13.7. The highest BCUT2D eigenvalue weighted by molar-refractivity contribution is 5.72. The number of fused-ring (bicyclic) bond motifs is 2. The maximum atomic E-state index is 11.9. The number of aliphatic carboxylic acids is 1. The summed E-state index contributed by atoms with van der Waals surface area (Å²) >= 11 is 0. The van der Waals surface area contributed by atoms with Crippen molar-refractivity contribution in [1.29, 1.82) is 0 Å². The topological polar surface area (TPSA) is 40.5 Å². The van der Waals surface area contributed by atoms with Gasteiger partial charge in [-0.1, -0.05) is 60.7 Å². The second-order valence-electron chi connectivity index (χ2n) is 7.07. The van der Waals surface area contributed by atoms with E-state index in [0.717, 1.165) is 25.8 Å². The Kier molecular flexibility index (Phi) is 4.11. The van der Waals surface area contributed by atoms with Gasteiger partial charge in [-0.05, 0) is 30.4 Å². The van der Waals surface area contributed by atoms with Crippen molar-refractivity contribution in [2.45, 2.75) is 43.8 Å². The fourth-order valence-electron chi connectivity index (χ4n) is 4.74. The minimum absolute atomic E-state index is 0.0890. The third-order valence-corrected chi connectivity index (χ3v) is 5.77. The second kappa shape index (κ2) is 6.40. The van der Waals surface area contributed by atoms with Crippen LogP contribution in [-0.4, -0.2) is 28.1 Å². The Morgan fingerprint density at radius 3 is 2.33 bits per heavy atom. The first-order valence-electron chi connectivity index (χ1n) is 8.81. The minimum Gasteiger partial charge on any atom is -0.481 e. The molecule has 2 fully saturated rings. The van der Waals surface area contributed by atoms with Gasteiger partial charge in [-0.25, -0.2) is 0 Å². The van der Waals surface area contributed by atoms with Crippen LogP contribution in [0.3, 0.4) is 0 Å². The summed E-state index contributed by atoms with van der Waals surface area (Å²) in [6.07, 6.45) is 2.98. The molecule has 0 aliphatic carbocycles. The van der Waals surface area contributed by atoms with E-state index in [1.165, 1.54) is 11.1 Å². The predicted octanol–water partition coefficient (Wildman–Crippen LogP) is 3.91. The van der Waals surface area contributed by atoms with Crippen LogP contribution in [0.15, 0.2) is 60.7 Å². The van der Waals surface area contributed by atoms with Gasteiger partial charge in [-0.15, -0.1) is 0 Å². The van der Waals surface area contributed by atoms with Gasteiger partial charge in [0.05, 0.1) is 5.92 Å². The lowest BCUT2D eigenvalue weighted by Crippen LogP contribution is -2.49. The molecule has 0 amide bonds. The Balaban J connectivity index is 1.66. The average Bonchev–Trinajstić information content (AvgIpc) is 2.88. The first-order valence-corrected chi connectivity index (χ1v) is 8.81. The number of carbonyl (C=O) groups is 1. The number of hydrogen-bond donors (Lipinski definition) is 1. The van der Waals surface area contributed by atoms with Crippen molar-refractivity contribution >= 4 is 5.97 Å². The van der Waals surface area contributed by atoms with Gasteiger partial charge in [0, 0.05) is 24.5 Å². The molecule has 3 heteroatoms. The Labute approximate surface area is 142 Å². The molecule has 2 aliphatic rings. The van der Waals surface area contributed by atoms with Crippen LogP contribution in [-0.2, 0) is 11.3 Å². The van der Waals surface area contributed by atoms with Gasteiger partial charge >= 0.3 is 5.97 Å². The highest BCUT2D eigenvalue weighted by Gasteiger charge is 2.49. The van der Waals surface area contributed by atoms with E-state index in [1.807, 2.05) is 24.3 Å². The summed E-state index contributed by atoms with van der Waals surface area (Å²) in [6.45, 7) is 0.922. The molecule has 4 atom stereocenters. The van der Waals surface area contributed by atoms with E-state index in [9.17, 15) is 9.90 Å². The van der Waals surface area contributed by atoms with E-state index in [4.69, 9.17) is 0 Å². The van der Waals surface area contributed by atoms with Crippen molar-refractivity contribution in [2.24, 2.45) is 5.92 Å². The lowest BCUT2D eigenvalue weighted by molar-refractivity contribution is -0.145. The molecular formula is C21H23NO2. The van der Waals surface area contributed by atoms with Crippen molar-refractivity contribution in [3.05, 3.63) is 71.8 Å². The van der Waals surface area contributed by atoms with Gasteiger partial charge in [0.15, 0.2) is 0 Å². The van der Waals surface area contributed by atoms with Crippen LogP contribution in [0.5, 0.6) is 0 Å². The molecule has 2 aromatic carbocycles. The van der Waals surface area contributed by atoms with Crippen LogP contribution in [0.1, 0.15) is 36.3 Å². The zero-order valence-corrected chi connectivity index (χ0v) is 13.7. The summed E-state index contributed by atoms with van der Waals surface area (Å²) in [4.78, 5) is 14.5. The van der Waals surface area contributed by atoms with Crippen LogP contribution >= 0.6 is 0 Å². The largest absolute Gasteiger partial charge is 0.481 e. The van der Waals surface area contributed by atoms with Gasteiger partial charge in [-0.3, -0.25) is 9.69 Å². The number of benzene rings is 2. The zero-order chi connectivity index (χ0) is 16.5. The molecular weight excluding hydrogens is 298 g/mol. The summed E-state index contributed by atoms with van der Waals surface area (Å²) < 4.78 is 0. The van der Waals surface area contributed by atoms with Gasteiger partial charge in [0.1, 0.15) is 0 Å². The Morgan fingerprint density at radius 1 is 1.00 bits per heavy atom. The molecule has 2 bridgehead atoms. The molecule has 24 heavy (non-hydrogen) atoms. The fourth-order valence-corrected chi connectivity index (χ4v) is 4.74. The molecule has 4 rings (SSSR count). The van der Waals surface area contributed by atoms with Crippen LogP contribution in [0.2, 0.25) is 0 Å². The van der Waals surface area contributed by atoms with Crippen LogP contribution in [0, 0.1) is 5.92 Å². The molecule has 2 heterocycles. The van der Waals surface area contributed by atoms with Gasteiger partial charge in [0.25, 0.3) is 0 Å². The van der Waals surface area contributed by atoms with Crippen molar-refractivity contribution in [1.82, 2.24) is 4.90 Å². The molecule has 2 saturated heterocycles. The lowest BCUT2D eigenvalue weighted by Gasteiger charge is -2.43. The second-order valence-corrected chi connectivity index (χ2v) is 7.07. The maximum Gasteiger partial charge on any atom is 0.307 e. The summed E-state index contributed by atoms with van der Waals surface area (Å²) in [6, 6.07) is 21.5. The number of carboxylic acid groups (broad SMARTS) is 1. The summed E-state index contributed by atoms with van der Waals surface area (Å²) in [5, 5.41) is 9.79. The number of nitrogens with zero attached hydrogens (tertiary/aromatic N) is 1. The first kappa shape index (κ1) is 15.4. The van der Waals surface area contributed by atoms with E-state index in [1.54, 1.807) is 0 Å². The van der Waals surface area contributed by atoms with Crippen molar-refractivity contribution in [2.75, 3.05) is 0 Å². The van der Waals surface area contributed by atoms with Crippen LogP contribution in [0.4, 0.5) is 0 Å². The SMILES string of the molecule is O=C(O)[C@H]1C[C@@H]2CC[C@H]([C@H]1c1ccccc1)N2Cc1ccccc1. The molecule has 0 unspecified atom stereocenters. The van der Waals surface area contributed by atoms with E-state index in [2.05, 4.69) is 41.3 Å². The van der Waals surface area contributed by atoms with Gasteiger partial charge < -0.3 is 5.11 Å². The van der Waals surface area contributed by atoms with Crippen LogP contribution in [0.25, 0.3) is 0 Å². The van der Waals surface area contributed by atoms with Gasteiger partial charge in [-0.2, -0.15) is 0 Å².